The van der Waals surface area contributed by atoms with E-state index in [4.69, 9.17) is 4.74 Å². The minimum Gasteiger partial charge on any atom is -0.378 e. The van der Waals surface area contributed by atoms with Gasteiger partial charge in [0.2, 0.25) is 11.8 Å². The third-order valence-corrected chi connectivity index (χ3v) is 8.32. The topological polar surface area (TPSA) is 84.0 Å². The molecule has 7 nitrogen and oxygen atoms in total. The summed E-state index contributed by atoms with van der Waals surface area (Å²) in [6, 6.07) is 0. The predicted molar refractivity (Wildman–Crippen MR) is 97.2 cm³/mol. The molecule has 2 fully saturated rings. The maximum absolute atomic E-state index is 13.2. The molecule has 146 valence electrons. The maximum Gasteiger partial charge on any atom is 0.226 e. The van der Waals surface area contributed by atoms with Crippen LogP contribution in [0.2, 0.25) is 0 Å². The number of hydrogen-bond acceptors (Lipinski definition) is 5. The van der Waals surface area contributed by atoms with Crippen LogP contribution in [-0.2, 0) is 24.2 Å². The van der Waals surface area contributed by atoms with E-state index in [1.54, 1.807) is 23.6 Å². The summed E-state index contributed by atoms with van der Waals surface area (Å²) in [7, 11) is -3.18. The van der Waals surface area contributed by atoms with Crippen LogP contribution in [0.4, 0.5) is 0 Å². The first-order chi connectivity index (χ1) is 12.3. The lowest BCUT2D eigenvalue weighted by Crippen LogP contribution is -2.55. The van der Waals surface area contributed by atoms with Gasteiger partial charge in [-0.1, -0.05) is 12.2 Å². The van der Waals surface area contributed by atoms with Crippen molar-refractivity contribution >= 4 is 21.7 Å². The second kappa shape index (κ2) is 7.68. The van der Waals surface area contributed by atoms with Crippen LogP contribution in [0.3, 0.4) is 0 Å². The predicted octanol–water partition coefficient (Wildman–Crippen LogP) is 0.462. The van der Waals surface area contributed by atoms with E-state index in [9.17, 15) is 18.0 Å². The van der Waals surface area contributed by atoms with E-state index in [1.165, 1.54) is 0 Å². The summed E-state index contributed by atoms with van der Waals surface area (Å²) in [4.78, 5) is 29.6. The minimum atomic E-state index is -3.18. The Morgan fingerprint density at radius 3 is 1.85 bits per heavy atom. The van der Waals surface area contributed by atoms with Crippen molar-refractivity contribution in [2.24, 2.45) is 11.8 Å². The number of carbonyl (C=O) groups excluding carboxylic acids is 2. The average Bonchev–Trinajstić information content (AvgIpc) is 2.65. The molecule has 2 heterocycles. The highest BCUT2D eigenvalue weighted by Crippen LogP contribution is 2.31. The molecule has 0 aromatic rings. The molecule has 1 aliphatic carbocycles. The first-order valence-electron chi connectivity index (χ1n) is 9.35. The Bertz CT molecular complexity index is 666. The monoisotopic (exact) mass is 384 g/mol. The zero-order valence-corrected chi connectivity index (χ0v) is 16.3. The standard InChI is InChI=1S/C18H28N2O5S/c1-13-11-20(12-14(2)26(13,23)24)18(22)16-6-4-3-5-15(16)17(21)19-7-9-25-10-8-19/h3-4,13-16H,5-12H2,1-2H3. The Labute approximate surface area is 155 Å². The number of nitrogens with zero attached hydrogens (tertiary/aromatic N) is 2. The van der Waals surface area contributed by atoms with Crippen molar-refractivity contribution in [3.63, 3.8) is 0 Å². The fraction of sp³-hybridized carbons (Fsp3) is 0.778. The van der Waals surface area contributed by atoms with E-state index >= 15 is 0 Å². The zero-order chi connectivity index (χ0) is 18.9. The highest BCUT2D eigenvalue weighted by Gasteiger charge is 2.43. The molecule has 8 heteroatoms. The molecule has 0 radical (unpaired) electrons. The van der Waals surface area contributed by atoms with Crippen molar-refractivity contribution in [3.05, 3.63) is 12.2 Å². The lowest BCUT2D eigenvalue weighted by molar-refractivity contribution is -0.149. The van der Waals surface area contributed by atoms with Crippen molar-refractivity contribution < 1.29 is 22.7 Å². The SMILES string of the molecule is CC1CN(C(=O)C2CC=CCC2C(=O)N2CCOCC2)CC(C)S1(=O)=O. The molecule has 0 aromatic heterocycles. The summed E-state index contributed by atoms with van der Waals surface area (Å²) in [5, 5.41) is -1.13. The summed E-state index contributed by atoms with van der Waals surface area (Å²) >= 11 is 0. The van der Waals surface area contributed by atoms with Crippen LogP contribution >= 0.6 is 0 Å². The average molecular weight is 384 g/mol. The first-order valence-corrected chi connectivity index (χ1v) is 11.0. The van der Waals surface area contributed by atoms with E-state index in [1.807, 2.05) is 12.2 Å². The fourth-order valence-corrected chi connectivity index (χ4v) is 5.66. The number of carbonyl (C=O) groups is 2. The molecule has 0 spiro atoms. The summed E-state index contributed by atoms with van der Waals surface area (Å²) in [5.74, 6) is -0.846. The lowest BCUT2D eigenvalue weighted by atomic mass is 9.81. The fourth-order valence-electron chi connectivity index (χ4n) is 4.09. The number of sulfone groups is 1. The molecular weight excluding hydrogens is 356 g/mol. The molecule has 26 heavy (non-hydrogen) atoms. The molecular formula is C18H28N2O5S. The van der Waals surface area contributed by atoms with E-state index in [-0.39, 0.29) is 30.8 Å². The van der Waals surface area contributed by atoms with Gasteiger partial charge < -0.3 is 14.5 Å². The molecule has 0 saturated carbocycles. The molecule has 2 saturated heterocycles. The van der Waals surface area contributed by atoms with Crippen molar-refractivity contribution in [1.82, 2.24) is 9.80 Å². The van der Waals surface area contributed by atoms with Crippen LogP contribution in [0.15, 0.2) is 12.2 Å². The van der Waals surface area contributed by atoms with Gasteiger partial charge in [-0.25, -0.2) is 8.42 Å². The number of allylic oxidation sites excluding steroid dienone is 2. The van der Waals surface area contributed by atoms with Crippen molar-refractivity contribution in [2.45, 2.75) is 37.2 Å². The van der Waals surface area contributed by atoms with Gasteiger partial charge >= 0.3 is 0 Å². The third-order valence-electron chi connectivity index (χ3n) is 5.78. The number of morpholine rings is 1. The zero-order valence-electron chi connectivity index (χ0n) is 15.5. The van der Waals surface area contributed by atoms with Gasteiger partial charge in [0.15, 0.2) is 9.84 Å². The van der Waals surface area contributed by atoms with Crippen molar-refractivity contribution in [1.29, 1.82) is 0 Å². The van der Waals surface area contributed by atoms with Gasteiger partial charge in [0.25, 0.3) is 0 Å². The number of amides is 2. The second-order valence-corrected chi connectivity index (χ2v) is 10.3. The molecule has 3 rings (SSSR count). The molecule has 0 bridgehead atoms. The highest BCUT2D eigenvalue weighted by molar-refractivity contribution is 7.92. The smallest absolute Gasteiger partial charge is 0.226 e. The van der Waals surface area contributed by atoms with Crippen LogP contribution in [0.25, 0.3) is 0 Å². The molecule has 4 atom stereocenters. The summed E-state index contributed by atoms with van der Waals surface area (Å²) in [5.41, 5.74) is 0. The van der Waals surface area contributed by atoms with Crippen LogP contribution in [0, 0.1) is 11.8 Å². The van der Waals surface area contributed by atoms with Crippen molar-refractivity contribution in [2.75, 3.05) is 39.4 Å². The normalized spacial score (nSPS) is 34.5. The number of ether oxygens (including phenoxy) is 1. The second-order valence-electron chi connectivity index (χ2n) is 7.55. The third kappa shape index (κ3) is 3.67. The van der Waals surface area contributed by atoms with E-state index in [0.29, 0.717) is 39.1 Å². The van der Waals surface area contributed by atoms with E-state index in [2.05, 4.69) is 0 Å². The molecule has 3 aliphatic rings. The van der Waals surface area contributed by atoms with E-state index in [0.717, 1.165) is 0 Å². The lowest BCUT2D eigenvalue weighted by Gasteiger charge is -2.39. The van der Waals surface area contributed by atoms with Gasteiger partial charge in [0.05, 0.1) is 35.5 Å². The Kier molecular flexibility index (Phi) is 5.72. The van der Waals surface area contributed by atoms with Gasteiger partial charge in [-0.2, -0.15) is 0 Å². The first kappa shape index (κ1) is 19.4. The quantitative estimate of drug-likeness (QED) is 0.646. The Morgan fingerprint density at radius 2 is 1.35 bits per heavy atom. The molecule has 2 amide bonds. The number of rotatable bonds is 2. The molecule has 0 N–H and O–H groups in total. The van der Waals surface area contributed by atoms with Gasteiger partial charge in [-0.3, -0.25) is 9.59 Å². The molecule has 4 unspecified atom stereocenters. The van der Waals surface area contributed by atoms with Crippen LogP contribution < -0.4 is 0 Å². The summed E-state index contributed by atoms with van der Waals surface area (Å²) < 4.78 is 29.7. The van der Waals surface area contributed by atoms with Gasteiger partial charge in [0.1, 0.15) is 0 Å². The van der Waals surface area contributed by atoms with Crippen LogP contribution in [-0.4, -0.2) is 79.9 Å². The number of hydrogen-bond donors (Lipinski definition) is 0. The molecule has 2 aliphatic heterocycles. The van der Waals surface area contributed by atoms with Crippen molar-refractivity contribution in [3.8, 4) is 0 Å². The van der Waals surface area contributed by atoms with Gasteiger partial charge in [-0.15, -0.1) is 0 Å². The molecule has 0 aromatic carbocycles. The summed E-state index contributed by atoms with van der Waals surface area (Å²) in [6.45, 7) is 5.93. The van der Waals surface area contributed by atoms with Gasteiger partial charge in [0, 0.05) is 26.2 Å². The van der Waals surface area contributed by atoms with Crippen LogP contribution in [0.5, 0.6) is 0 Å². The Morgan fingerprint density at radius 1 is 0.885 bits per heavy atom. The highest BCUT2D eigenvalue weighted by atomic mass is 32.2. The largest absolute Gasteiger partial charge is 0.378 e. The Balaban J connectivity index is 1.74. The minimum absolute atomic E-state index is 0.0155. The van der Waals surface area contributed by atoms with Gasteiger partial charge in [-0.05, 0) is 26.7 Å². The Hall–Kier alpha value is -1.41. The summed E-state index contributed by atoms with van der Waals surface area (Å²) in [6.07, 6.45) is 5.02. The maximum atomic E-state index is 13.2. The van der Waals surface area contributed by atoms with Crippen LogP contribution in [0.1, 0.15) is 26.7 Å². The van der Waals surface area contributed by atoms with E-state index < -0.39 is 26.3 Å².